The highest BCUT2D eigenvalue weighted by molar-refractivity contribution is 7.80. The van der Waals surface area contributed by atoms with Crippen LogP contribution in [0.3, 0.4) is 0 Å². The lowest BCUT2D eigenvalue weighted by Crippen LogP contribution is -2.48. The lowest BCUT2D eigenvalue weighted by atomic mass is 10.1. The number of anilines is 2. The Bertz CT molecular complexity index is 1170. The summed E-state index contributed by atoms with van der Waals surface area (Å²) in [5.41, 5.74) is 2.16. The van der Waals surface area contributed by atoms with Crippen molar-refractivity contribution in [2.45, 2.75) is 18.9 Å². The van der Waals surface area contributed by atoms with Crippen LogP contribution in [0.5, 0.6) is 5.75 Å². The molecule has 3 aromatic carbocycles. The number of nitrogens with zero attached hydrogens (tertiary/aromatic N) is 2. The number of benzene rings is 3. The Kier molecular flexibility index (Phi) is 7.18. The topological polar surface area (TPSA) is 61.9 Å². The average Bonchev–Trinajstić information content (AvgIpc) is 3.15. The third kappa shape index (κ3) is 5.23. The van der Waals surface area contributed by atoms with Gasteiger partial charge in [-0.2, -0.15) is 0 Å². The first-order valence-electron chi connectivity index (χ1n) is 10.8. The molecule has 4 rings (SSSR count). The van der Waals surface area contributed by atoms with Crippen molar-refractivity contribution in [3.05, 3.63) is 90.2 Å². The van der Waals surface area contributed by atoms with E-state index in [0.717, 1.165) is 11.3 Å². The molecular weight excluding hydrogens is 453 g/mol. The van der Waals surface area contributed by atoms with E-state index in [9.17, 15) is 14.0 Å². The van der Waals surface area contributed by atoms with Crippen molar-refractivity contribution in [1.29, 1.82) is 0 Å². The van der Waals surface area contributed by atoms with Crippen LogP contribution in [0.2, 0.25) is 0 Å². The molecule has 1 aliphatic heterocycles. The maximum absolute atomic E-state index is 13.4. The summed E-state index contributed by atoms with van der Waals surface area (Å²) in [5.74, 6) is -0.207. The summed E-state index contributed by atoms with van der Waals surface area (Å²) >= 11 is 5.65. The number of ether oxygens (including phenoxy) is 1. The zero-order chi connectivity index (χ0) is 24.1. The van der Waals surface area contributed by atoms with Crippen LogP contribution in [0.25, 0.3) is 0 Å². The molecule has 2 amide bonds. The molecule has 0 radical (unpaired) electrons. The minimum absolute atomic E-state index is 0.0155. The SMILES string of the molecule is COc1ccc(CCN(C(=S)Nc2ccc(F)cc2)[C@H]2CC(=O)N(c3ccccc3)C2=O)cc1. The molecule has 1 saturated heterocycles. The quantitative estimate of drug-likeness (QED) is 0.402. The minimum Gasteiger partial charge on any atom is -0.497 e. The molecule has 0 bridgehead atoms. The van der Waals surface area contributed by atoms with Crippen LogP contribution in [0, 0.1) is 5.82 Å². The van der Waals surface area contributed by atoms with Crippen LogP contribution in [0.1, 0.15) is 12.0 Å². The van der Waals surface area contributed by atoms with Crippen LogP contribution >= 0.6 is 12.2 Å². The number of hydrogen-bond donors (Lipinski definition) is 1. The van der Waals surface area contributed by atoms with Gasteiger partial charge in [-0.25, -0.2) is 9.29 Å². The Hall–Kier alpha value is -3.78. The van der Waals surface area contributed by atoms with Crippen molar-refractivity contribution < 1.29 is 18.7 Å². The summed E-state index contributed by atoms with van der Waals surface area (Å²) in [6, 6.07) is 21.6. The molecule has 1 aliphatic rings. The molecule has 174 valence electrons. The Balaban J connectivity index is 1.56. The van der Waals surface area contributed by atoms with Crippen LogP contribution in [-0.2, 0) is 16.0 Å². The summed E-state index contributed by atoms with van der Waals surface area (Å²) in [5, 5.41) is 3.37. The predicted octanol–water partition coefficient (Wildman–Crippen LogP) is 4.41. The van der Waals surface area contributed by atoms with E-state index in [1.54, 1.807) is 48.4 Å². The van der Waals surface area contributed by atoms with Gasteiger partial charge >= 0.3 is 0 Å². The number of thiocarbonyl (C=S) groups is 1. The third-order valence-electron chi connectivity index (χ3n) is 5.67. The second-order valence-electron chi connectivity index (χ2n) is 7.85. The van der Waals surface area contributed by atoms with Crippen LogP contribution in [0.15, 0.2) is 78.9 Å². The fourth-order valence-corrected chi connectivity index (χ4v) is 4.21. The number of para-hydroxylation sites is 1. The van der Waals surface area contributed by atoms with Crippen LogP contribution < -0.4 is 15.0 Å². The second kappa shape index (κ2) is 10.4. The van der Waals surface area contributed by atoms with Crippen molar-refractivity contribution >= 4 is 40.5 Å². The second-order valence-corrected chi connectivity index (χ2v) is 8.24. The van der Waals surface area contributed by atoms with E-state index in [-0.39, 0.29) is 24.1 Å². The van der Waals surface area contributed by atoms with Crippen molar-refractivity contribution in [3.8, 4) is 5.75 Å². The monoisotopic (exact) mass is 477 g/mol. The first-order chi connectivity index (χ1) is 16.5. The molecule has 1 fully saturated rings. The lowest BCUT2D eigenvalue weighted by Gasteiger charge is -2.30. The number of carbonyl (C=O) groups excluding carboxylic acids is 2. The number of nitrogens with one attached hydrogen (secondary N) is 1. The molecule has 0 spiro atoms. The number of carbonyl (C=O) groups is 2. The van der Waals surface area contributed by atoms with E-state index in [1.807, 2.05) is 30.3 Å². The molecule has 8 heteroatoms. The molecule has 0 aliphatic carbocycles. The van der Waals surface area contributed by atoms with Gasteiger partial charge in [-0.05, 0) is 72.7 Å². The molecule has 34 heavy (non-hydrogen) atoms. The van der Waals surface area contributed by atoms with Gasteiger partial charge in [0.15, 0.2) is 5.11 Å². The molecular formula is C26H24FN3O3S. The van der Waals surface area contributed by atoms with E-state index >= 15 is 0 Å². The zero-order valence-corrected chi connectivity index (χ0v) is 19.4. The highest BCUT2D eigenvalue weighted by Crippen LogP contribution is 2.26. The summed E-state index contributed by atoms with van der Waals surface area (Å²) in [4.78, 5) is 29.1. The van der Waals surface area contributed by atoms with Crippen LogP contribution in [0.4, 0.5) is 15.8 Å². The highest BCUT2D eigenvalue weighted by atomic mass is 32.1. The van der Waals surface area contributed by atoms with Gasteiger partial charge in [0.25, 0.3) is 5.91 Å². The summed E-state index contributed by atoms with van der Waals surface area (Å²) < 4.78 is 18.5. The number of rotatable bonds is 7. The van der Waals surface area contributed by atoms with Gasteiger partial charge < -0.3 is 15.0 Å². The summed E-state index contributed by atoms with van der Waals surface area (Å²) in [7, 11) is 1.61. The maximum atomic E-state index is 13.4. The van der Waals surface area contributed by atoms with Gasteiger partial charge in [0, 0.05) is 12.2 Å². The molecule has 0 saturated carbocycles. The third-order valence-corrected chi connectivity index (χ3v) is 6.01. The van der Waals surface area contributed by atoms with Crippen molar-refractivity contribution in [2.75, 3.05) is 23.9 Å². The van der Waals surface area contributed by atoms with E-state index in [1.165, 1.54) is 17.0 Å². The van der Waals surface area contributed by atoms with Gasteiger partial charge in [0.05, 0.1) is 19.2 Å². The van der Waals surface area contributed by atoms with Gasteiger partial charge in [-0.1, -0.05) is 30.3 Å². The predicted molar refractivity (Wildman–Crippen MR) is 133 cm³/mol. The fraction of sp³-hybridized carbons (Fsp3) is 0.192. The summed E-state index contributed by atoms with van der Waals surface area (Å²) in [6.45, 7) is 0.408. The Labute approximate surface area is 202 Å². The van der Waals surface area contributed by atoms with Crippen molar-refractivity contribution in [3.63, 3.8) is 0 Å². The number of amides is 2. The molecule has 1 atom stereocenters. The highest BCUT2D eigenvalue weighted by Gasteiger charge is 2.43. The molecule has 6 nitrogen and oxygen atoms in total. The van der Waals surface area contributed by atoms with Crippen molar-refractivity contribution in [2.24, 2.45) is 0 Å². The molecule has 0 unspecified atom stereocenters. The fourth-order valence-electron chi connectivity index (χ4n) is 3.88. The van der Waals surface area contributed by atoms with Gasteiger partial charge in [-0.3, -0.25) is 9.59 Å². The number of hydrogen-bond acceptors (Lipinski definition) is 4. The molecule has 1 N–H and O–H groups in total. The Morgan fingerprint density at radius 3 is 2.38 bits per heavy atom. The lowest BCUT2D eigenvalue weighted by molar-refractivity contribution is -0.122. The number of halogens is 1. The largest absolute Gasteiger partial charge is 0.497 e. The smallest absolute Gasteiger partial charge is 0.257 e. The van der Waals surface area contributed by atoms with Crippen LogP contribution in [-0.4, -0.2) is 41.5 Å². The molecule has 3 aromatic rings. The van der Waals surface area contributed by atoms with Gasteiger partial charge in [0.1, 0.15) is 17.6 Å². The van der Waals surface area contributed by atoms with Crippen molar-refractivity contribution in [1.82, 2.24) is 4.90 Å². The Morgan fingerprint density at radius 2 is 1.74 bits per heavy atom. The average molecular weight is 478 g/mol. The first-order valence-corrected chi connectivity index (χ1v) is 11.2. The zero-order valence-electron chi connectivity index (χ0n) is 18.6. The number of imide groups is 1. The molecule has 1 heterocycles. The minimum atomic E-state index is -0.744. The van der Waals surface area contributed by atoms with E-state index in [4.69, 9.17) is 17.0 Å². The van der Waals surface area contributed by atoms with E-state index in [0.29, 0.717) is 29.5 Å². The van der Waals surface area contributed by atoms with E-state index < -0.39 is 6.04 Å². The van der Waals surface area contributed by atoms with E-state index in [2.05, 4.69) is 5.32 Å². The van der Waals surface area contributed by atoms with Gasteiger partial charge in [-0.15, -0.1) is 0 Å². The standard InChI is InChI=1S/C26H24FN3O3S/c1-33-22-13-7-18(8-14-22)15-16-29(26(34)28-20-11-9-19(27)10-12-20)23-17-24(31)30(25(23)32)21-5-3-2-4-6-21/h2-14,23H,15-17H2,1H3,(H,28,34)/t23-/m0/s1. The molecule has 0 aromatic heterocycles. The summed E-state index contributed by atoms with van der Waals surface area (Å²) in [6.07, 6.45) is 0.611. The maximum Gasteiger partial charge on any atom is 0.257 e. The normalized spacial score (nSPS) is 15.4. The van der Waals surface area contributed by atoms with Gasteiger partial charge in [0.2, 0.25) is 5.91 Å². The first kappa shape index (κ1) is 23.4. The number of methoxy groups -OCH3 is 1. The Morgan fingerprint density at radius 1 is 1.06 bits per heavy atom.